The molecule has 1 heterocycles. The van der Waals surface area contributed by atoms with E-state index in [4.69, 9.17) is 4.74 Å². The summed E-state index contributed by atoms with van der Waals surface area (Å²) in [5.74, 6) is -0.563. The molecule has 2 aromatic rings. The first-order valence-electron chi connectivity index (χ1n) is 9.09. The highest BCUT2D eigenvalue weighted by atomic mass is 35.5. The molecule has 0 spiro atoms. The number of benzene rings is 2. The van der Waals surface area contributed by atoms with Gasteiger partial charge in [-0.25, -0.2) is 8.78 Å². The SMILES string of the molecule is CC1(C)CC(OC(c2ccc(F)cc2)c2ccc(F)cc2)CC(C)(C)N1.Cl. The summed E-state index contributed by atoms with van der Waals surface area (Å²) in [6.45, 7) is 8.70. The number of ether oxygens (including phenoxy) is 1. The van der Waals surface area contributed by atoms with Gasteiger partial charge in [-0.15, -0.1) is 12.4 Å². The Morgan fingerprint density at radius 2 is 1.19 bits per heavy atom. The summed E-state index contributed by atoms with van der Waals surface area (Å²) in [4.78, 5) is 0. The van der Waals surface area contributed by atoms with Crippen molar-refractivity contribution < 1.29 is 13.5 Å². The van der Waals surface area contributed by atoms with Crippen LogP contribution in [-0.2, 0) is 4.74 Å². The van der Waals surface area contributed by atoms with Gasteiger partial charge >= 0.3 is 0 Å². The number of hydrogen-bond acceptors (Lipinski definition) is 2. The monoisotopic (exact) mass is 395 g/mol. The van der Waals surface area contributed by atoms with Gasteiger partial charge in [0.15, 0.2) is 0 Å². The summed E-state index contributed by atoms with van der Waals surface area (Å²) in [6, 6.07) is 12.7. The topological polar surface area (TPSA) is 21.3 Å². The minimum atomic E-state index is -0.356. The maximum atomic E-state index is 13.4. The predicted octanol–water partition coefficient (Wildman–Crippen LogP) is 5.80. The third kappa shape index (κ3) is 5.74. The highest BCUT2D eigenvalue weighted by Gasteiger charge is 2.39. The van der Waals surface area contributed by atoms with E-state index in [2.05, 4.69) is 33.0 Å². The first-order valence-corrected chi connectivity index (χ1v) is 9.09. The van der Waals surface area contributed by atoms with Crippen molar-refractivity contribution in [2.75, 3.05) is 0 Å². The Balaban J connectivity index is 0.00000261. The fourth-order valence-electron chi connectivity index (χ4n) is 4.14. The van der Waals surface area contributed by atoms with Crippen LogP contribution in [0.4, 0.5) is 8.78 Å². The average Bonchev–Trinajstić information content (AvgIpc) is 2.52. The summed E-state index contributed by atoms with van der Waals surface area (Å²) in [7, 11) is 0. The van der Waals surface area contributed by atoms with Crippen molar-refractivity contribution in [3.63, 3.8) is 0 Å². The van der Waals surface area contributed by atoms with Crippen LogP contribution in [-0.4, -0.2) is 17.2 Å². The van der Waals surface area contributed by atoms with Gasteiger partial charge in [0, 0.05) is 11.1 Å². The van der Waals surface area contributed by atoms with Crippen LogP contribution in [0.5, 0.6) is 0 Å². The van der Waals surface area contributed by atoms with Crippen molar-refractivity contribution in [2.24, 2.45) is 0 Å². The molecule has 1 aliphatic heterocycles. The van der Waals surface area contributed by atoms with E-state index in [-0.39, 0.29) is 47.3 Å². The summed E-state index contributed by atoms with van der Waals surface area (Å²) < 4.78 is 33.3. The lowest BCUT2D eigenvalue weighted by molar-refractivity contribution is -0.0510. The molecule has 27 heavy (non-hydrogen) atoms. The summed E-state index contributed by atoms with van der Waals surface area (Å²) >= 11 is 0. The van der Waals surface area contributed by atoms with E-state index in [9.17, 15) is 8.78 Å². The molecule has 5 heteroatoms. The fourth-order valence-corrected chi connectivity index (χ4v) is 4.14. The van der Waals surface area contributed by atoms with E-state index in [0.717, 1.165) is 24.0 Å². The summed E-state index contributed by atoms with van der Waals surface area (Å²) in [5, 5.41) is 3.65. The van der Waals surface area contributed by atoms with Crippen LogP contribution in [0.15, 0.2) is 48.5 Å². The van der Waals surface area contributed by atoms with Crippen LogP contribution < -0.4 is 5.32 Å². The molecular formula is C22H28ClF2NO. The molecule has 0 aromatic heterocycles. The van der Waals surface area contributed by atoms with E-state index < -0.39 is 0 Å². The first kappa shape index (κ1) is 21.8. The molecule has 1 aliphatic rings. The molecule has 0 radical (unpaired) electrons. The van der Waals surface area contributed by atoms with Crippen LogP contribution >= 0.6 is 12.4 Å². The molecule has 2 aromatic carbocycles. The molecule has 0 atom stereocenters. The lowest BCUT2D eigenvalue weighted by Gasteiger charge is -2.47. The van der Waals surface area contributed by atoms with E-state index in [1.165, 1.54) is 24.3 Å². The second-order valence-corrected chi connectivity index (χ2v) is 8.54. The third-order valence-electron chi connectivity index (χ3n) is 4.83. The summed E-state index contributed by atoms with van der Waals surface area (Å²) in [5.41, 5.74) is 1.66. The Morgan fingerprint density at radius 1 is 0.815 bits per heavy atom. The van der Waals surface area contributed by atoms with Crippen LogP contribution in [0.25, 0.3) is 0 Å². The fraction of sp³-hybridized carbons (Fsp3) is 0.455. The lowest BCUT2D eigenvalue weighted by atomic mass is 9.81. The Morgan fingerprint density at radius 3 is 1.56 bits per heavy atom. The zero-order chi connectivity index (χ0) is 18.9. The molecule has 0 aliphatic carbocycles. The zero-order valence-electron chi connectivity index (χ0n) is 16.3. The normalized spacial score (nSPS) is 18.9. The number of nitrogens with one attached hydrogen (secondary N) is 1. The van der Waals surface area contributed by atoms with Crippen molar-refractivity contribution in [3.8, 4) is 0 Å². The standard InChI is InChI=1S/C22H27F2NO.ClH/c1-21(2)13-19(14-22(3,4)25-21)26-20(15-5-9-17(23)10-6-15)16-7-11-18(24)12-8-16;/h5-12,19-20,25H,13-14H2,1-4H3;1H. The molecule has 2 nitrogen and oxygen atoms in total. The van der Waals surface area contributed by atoms with Gasteiger partial charge in [0.05, 0.1) is 6.10 Å². The second-order valence-electron chi connectivity index (χ2n) is 8.54. The molecule has 0 amide bonds. The Kier molecular flexibility index (Phi) is 6.67. The predicted molar refractivity (Wildman–Crippen MR) is 107 cm³/mol. The highest BCUT2D eigenvalue weighted by Crippen LogP contribution is 2.36. The number of piperidine rings is 1. The zero-order valence-corrected chi connectivity index (χ0v) is 17.1. The average molecular weight is 396 g/mol. The Bertz CT molecular complexity index is 682. The molecule has 1 N–H and O–H groups in total. The van der Waals surface area contributed by atoms with E-state index in [0.29, 0.717) is 0 Å². The van der Waals surface area contributed by atoms with Gasteiger partial charge in [-0.3, -0.25) is 0 Å². The van der Waals surface area contributed by atoms with Crippen molar-refractivity contribution >= 4 is 12.4 Å². The lowest BCUT2D eigenvalue weighted by Crippen LogP contribution is -2.59. The minimum Gasteiger partial charge on any atom is -0.365 e. The second kappa shape index (κ2) is 8.26. The van der Waals surface area contributed by atoms with Gasteiger partial charge in [-0.2, -0.15) is 0 Å². The highest BCUT2D eigenvalue weighted by molar-refractivity contribution is 5.85. The third-order valence-corrected chi connectivity index (χ3v) is 4.83. The van der Waals surface area contributed by atoms with Gasteiger partial charge in [-0.05, 0) is 75.9 Å². The molecule has 0 unspecified atom stereocenters. The van der Waals surface area contributed by atoms with Crippen LogP contribution in [0, 0.1) is 11.6 Å². The summed E-state index contributed by atoms with van der Waals surface area (Å²) in [6.07, 6.45) is 1.43. The molecular weight excluding hydrogens is 368 g/mol. The van der Waals surface area contributed by atoms with Crippen LogP contribution in [0.3, 0.4) is 0 Å². The van der Waals surface area contributed by atoms with Crippen molar-refractivity contribution in [1.29, 1.82) is 0 Å². The molecule has 0 saturated carbocycles. The van der Waals surface area contributed by atoms with E-state index in [1.807, 2.05) is 0 Å². The van der Waals surface area contributed by atoms with Gasteiger partial charge in [0.2, 0.25) is 0 Å². The maximum absolute atomic E-state index is 13.4. The quantitative estimate of drug-likeness (QED) is 0.706. The van der Waals surface area contributed by atoms with Gasteiger partial charge < -0.3 is 10.1 Å². The van der Waals surface area contributed by atoms with Crippen LogP contribution in [0.1, 0.15) is 57.8 Å². The van der Waals surface area contributed by atoms with Crippen molar-refractivity contribution in [3.05, 3.63) is 71.3 Å². The van der Waals surface area contributed by atoms with Gasteiger partial charge in [-0.1, -0.05) is 24.3 Å². The number of halogens is 3. The smallest absolute Gasteiger partial charge is 0.123 e. The van der Waals surface area contributed by atoms with Gasteiger partial charge in [0.25, 0.3) is 0 Å². The van der Waals surface area contributed by atoms with Crippen molar-refractivity contribution in [1.82, 2.24) is 5.32 Å². The molecule has 0 bridgehead atoms. The largest absolute Gasteiger partial charge is 0.365 e. The molecule has 1 saturated heterocycles. The van der Waals surface area contributed by atoms with E-state index >= 15 is 0 Å². The molecule has 3 rings (SSSR count). The Labute approximate surface area is 166 Å². The molecule has 1 fully saturated rings. The van der Waals surface area contributed by atoms with Crippen LogP contribution in [0.2, 0.25) is 0 Å². The van der Waals surface area contributed by atoms with Gasteiger partial charge in [0.1, 0.15) is 17.7 Å². The number of rotatable bonds is 4. The Hall–Kier alpha value is -1.49. The van der Waals surface area contributed by atoms with E-state index in [1.54, 1.807) is 24.3 Å². The maximum Gasteiger partial charge on any atom is 0.123 e. The first-order chi connectivity index (χ1) is 12.1. The molecule has 148 valence electrons. The van der Waals surface area contributed by atoms with Crippen molar-refractivity contribution in [2.45, 2.75) is 63.8 Å². The minimum absolute atomic E-state index is 0. The number of hydrogen-bond donors (Lipinski definition) is 1.